The highest BCUT2D eigenvalue weighted by Gasteiger charge is 2.16. The quantitative estimate of drug-likeness (QED) is 0.606. The van der Waals surface area contributed by atoms with E-state index < -0.39 is 11.7 Å². The predicted octanol–water partition coefficient (Wildman–Crippen LogP) is 0.790. The summed E-state index contributed by atoms with van der Waals surface area (Å²) < 4.78 is 5.00. The van der Waals surface area contributed by atoms with E-state index >= 15 is 0 Å². The first kappa shape index (κ1) is 19.2. The van der Waals surface area contributed by atoms with Crippen LogP contribution in [0.4, 0.5) is 4.79 Å². The van der Waals surface area contributed by atoms with Gasteiger partial charge in [-0.05, 0) is 27.2 Å². The van der Waals surface area contributed by atoms with E-state index in [1.54, 1.807) is 20.8 Å². The van der Waals surface area contributed by atoms with Crippen LogP contribution in [0.5, 0.6) is 0 Å². The summed E-state index contributed by atoms with van der Waals surface area (Å²) in [5.41, 5.74) is -0.588. The van der Waals surface area contributed by atoms with Gasteiger partial charge in [0, 0.05) is 19.0 Å². The molecule has 0 heterocycles. The molecule has 0 rings (SSSR count). The molecule has 0 bridgehead atoms. The van der Waals surface area contributed by atoms with Gasteiger partial charge in [-0.15, -0.1) is 0 Å². The van der Waals surface area contributed by atoms with Gasteiger partial charge in [-0.3, -0.25) is 9.59 Å². The Bertz CT molecular complexity index is 362. The fraction of sp³-hybridized carbons (Fsp3) is 0.786. The monoisotopic (exact) mass is 301 g/mol. The number of carbonyl (C=O) groups is 3. The summed E-state index contributed by atoms with van der Waals surface area (Å²) in [7, 11) is 0. The van der Waals surface area contributed by atoms with Gasteiger partial charge < -0.3 is 20.7 Å². The minimum Gasteiger partial charge on any atom is -0.444 e. The van der Waals surface area contributed by atoms with Gasteiger partial charge in [0.1, 0.15) is 5.60 Å². The minimum atomic E-state index is -0.623. The van der Waals surface area contributed by atoms with E-state index in [1.165, 1.54) is 0 Å². The number of rotatable bonds is 7. The maximum Gasteiger partial charge on any atom is 0.408 e. The number of hydrogen-bond acceptors (Lipinski definition) is 4. The molecule has 122 valence electrons. The Kier molecular flexibility index (Phi) is 8.42. The van der Waals surface area contributed by atoms with E-state index in [0.717, 1.165) is 0 Å². The first-order valence-electron chi connectivity index (χ1n) is 7.13. The molecule has 0 unspecified atom stereocenters. The summed E-state index contributed by atoms with van der Waals surface area (Å²) in [4.78, 5) is 34.0. The van der Waals surface area contributed by atoms with Gasteiger partial charge in [0.05, 0.1) is 6.54 Å². The van der Waals surface area contributed by atoms with E-state index in [4.69, 9.17) is 4.74 Å². The second-order valence-electron chi connectivity index (χ2n) is 6.00. The van der Waals surface area contributed by atoms with Crippen LogP contribution in [-0.2, 0) is 14.3 Å². The lowest BCUT2D eigenvalue weighted by Crippen LogP contribution is -2.40. The Morgan fingerprint density at radius 2 is 1.57 bits per heavy atom. The second kappa shape index (κ2) is 9.20. The Morgan fingerprint density at radius 3 is 2.10 bits per heavy atom. The normalized spacial score (nSPS) is 11.0. The van der Waals surface area contributed by atoms with Crippen molar-refractivity contribution >= 4 is 17.9 Å². The molecule has 7 heteroatoms. The highest BCUT2D eigenvalue weighted by atomic mass is 16.6. The van der Waals surface area contributed by atoms with Crippen molar-refractivity contribution in [2.24, 2.45) is 5.92 Å². The summed E-state index contributed by atoms with van der Waals surface area (Å²) in [5.74, 6) is -0.346. The summed E-state index contributed by atoms with van der Waals surface area (Å²) in [6.07, 6.45) is 0.0123. The summed E-state index contributed by atoms with van der Waals surface area (Å²) in [5, 5.41) is 7.77. The summed E-state index contributed by atoms with van der Waals surface area (Å²) in [6, 6.07) is 0. The van der Waals surface area contributed by atoms with Crippen molar-refractivity contribution in [3.8, 4) is 0 Å². The molecule has 0 fully saturated rings. The van der Waals surface area contributed by atoms with Gasteiger partial charge in [0.2, 0.25) is 11.8 Å². The molecule has 0 saturated carbocycles. The molecular weight excluding hydrogens is 274 g/mol. The average molecular weight is 301 g/mol. The maximum atomic E-state index is 11.4. The van der Waals surface area contributed by atoms with E-state index in [2.05, 4.69) is 16.0 Å². The molecule has 0 aromatic carbocycles. The smallest absolute Gasteiger partial charge is 0.408 e. The topological polar surface area (TPSA) is 96.5 Å². The van der Waals surface area contributed by atoms with Gasteiger partial charge in [-0.25, -0.2) is 4.79 Å². The van der Waals surface area contributed by atoms with E-state index in [1.807, 2.05) is 13.8 Å². The molecule has 3 N–H and O–H groups in total. The molecule has 0 aromatic rings. The third-order valence-electron chi connectivity index (χ3n) is 2.29. The van der Waals surface area contributed by atoms with Crippen molar-refractivity contribution in [3.05, 3.63) is 0 Å². The van der Waals surface area contributed by atoms with Crippen LogP contribution in [0.2, 0.25) is 0 Å². The molecule has 0 aliphatic rings. The number of hydrogen-bond donors (Lipinski definition) is 3. The number of nitrogens with one attached hydrogen (secondary N) is 3. The molecule has 0 spiro atoms. The highest BCUT2D eigenvalue weighted by molar-refractivity contribution is 5.82. The average Bonchev–Trinajstić information content (AvgIpc) is 2.33. The van der Waals surface area contributed by atoms with Crippen LogP contribution in [0.15, 0.2) is 0 Å². The van der Waals surface area contributed by atoms with Gasteiger partial charge in [-0.1, -0.05) is 13.8 Å². The van der Waals surface area contributed by atoms with Gasteiger partial charge >= 0.3 is 6.09 Å². The van der Waals surface area contributed by atoms with Crippen molar-refractivity contribution < 1.29 is 19.1 Å². The number of amides is 3. The lowest BCUT2D eigenvalue weighted by atomic mass is 10.2. The van der Waals surface area contributed by atoms with Crippen LogP contribution in [0.1, 0.15) is 41.0 Å². The zero-order valence-corrected chi connectivity index (χ0v) is 13.5. The second-order valence-corrected chi connectivity index (χ2v) is 6.00. The minimum absolute atomic E-state index is 0.00656. The maximum absolute atomic E-state index is 11.4. The predicted molar refractivity (Wildman–Crippen MR) is 79.7 cm³/mol. The largest absolute Gasteiger partial charge is 0.444 e. The molecule has 0 atom stereocenters. The van der Waals surface area contributed by atoms with Crippen molar-refractivity contribution in [3.63, 3.8) is 0 Å². The molecule has 0 aromatic heterocycles. The van der Waals surface area contributed by atoms with Gasteiger partial charge in [0.15, 0.2) is 0 Å². The molecule has 0 saturated heterocycles. The van der Waals surface area contributed by atoms with E-state index in [-0.39, 0.29) is 24.3 Å². The van der Waals surface area contributed by atoms with Crippen molar-refractivity contribution in [2.45, 2.75) is 46.6 Å². The van der Waals surface area contributed by atoms with Crippen LogP contribution in [0.3, 0.4) is 0 Å². The number of alkyl carbamates (subject to hydrolysis) is 1. The molecular formula is C14H27N3O4. The zero-order chi connectivity index (χ0) is 16.5. The van der Waals surface area contributed by atoms with Crippen molar-refractivity contribution in [2.75, 3.05) is 19.6 Å². The fourth-order valence-electron chi connectivity index (χ4n) is 1.26. The molecule has 3 amide bonds. The first-order chi connectivity index (χ1) is 9.61. The van der Waals surface area contributed by atoms with Crippen LogP contribution in [0.25, 0.3) is 0 Å². The number of carbonyl (C=O) groups excluding carboxylic acids is 3. The molecule has 0 aliphatic heterocycles. The lowest BCUT2D eigenvalue weighted by molar-refractivity contribution is -0.123. The molecule has 0 radical (unpaired) electrons. The van der Waals surface area contributed by atoms with Crippen molar-refractivity contribution in [1.82, 2.24) is 16.0 Å². The SMILES string of the molecule is CC(C)C(=O)NCCCNC(=O)CNC(=O)OC(C)(C)C. The summed E-state index contributed by atoms with van der Waals surface area (Å²) in [6.45, 7) is 9.70. The summed E-state index contributed by atoms with van der Waals surface area (Å²) >= 11 is 0. The third kappa shape index (κ3) is 11.7. The van der Waals surface area contributed by atoms with Gasteiger partial charge in [0.25, 0.3) is 0 Å². The zero-order valence-electron chi connectivity index (χ0n) is 13.5. The van der Waals surface area contributed by atoms with E-state index in [0.29, 0.717) is 19.5 Å². The molecule has 7 nitrogen and oxygen atoms in total. The Hall–Kier alpha value is -1.79. The fourth-order valence-corrected chi connectivity index (χ4v) is 1.26. The highest BCUT2D eigenvalue weighted by Crippen LogP contribution is 2.05. The van der Waals surface area contributed by atoms with Gasteiger partial charge in [-0.2, -0.15) is 0 Å². The van der Waals surface area contributed by atoms with Crippen LogP contribution in [-0.4, -0.2) is 43.1 Å². The van der Waals surface area contributed by atoms with Crippen LogP contribution >= 0.6 is 0 Å². The standard InChI is InChI=1S/C14H27N3O4/c1-10(2)12(19)16-8-6-7-15-11(18)9-17-13(20)21-14(3,4)5/h10H,6-9H2,1-5H3,(H,15,18)(H,16,19)(H,17,20). The first-order valence-corrected chi connectivity index (χ1v) is 7.13. The van der Waals surface area contributed by atoms with E-state index in [9.17, 15) is 14.4 Å². The van der Waals surface area contributed by atoms with Crippen LogP contribution in [0, 0.1) is 5.92 Å². The molecule has 0 aliphatic carbocycles. The Balaban J connectivity index is 3.64. The molecule has 21 heavy (non-hydrogen) atoms. The van der Waals surface area contributed by atoms with Crippen LogP contribution < -0.4 is 16.0 Å². The Morgan fingerprint density at radius 1 is 1.00 bits per heavy atom. The lowest BCUT2D eigenvalue weighted by Gasteiger charge is -2.19. The Labute approximate surface area is 126 Å². The van der Waals surface area contributed by atoms with Crippen molar-refractivity contribution in [1.29, 1.82) is 0 Å². The number of ether oxygens (including phenoxy) is 1. The third-order valence-corrected chi connectivity index (χ3v) is 2.29.